The molecule has 176 valence electrons. The van der Waals surface area contributed by atoms with Crippen LogP contribution < -0.4 is 10.1 Å². The van der Waals surface area contributed by atoms with E-state index in [0.29, 0.717) is 5.56 Å². The van der Waals surface area contributed by atoms with Gasteiger partial charge in [-0.25, -0.2) is 0 Å². The number of carbonyl (C=O) groups excluding carboxylic acids is 1. The van der Waals surface area contributed by atoms with Crippen molar-refractivity contribution in [2.75, 3.05) is 21.3 Å². The third-order valence-corrected chi connectivity index (χ3v) is 6.81. The summed E-state index contributed by atoms with van der Waals surface area (Å²) in [6.45, 7) is 7.14. The molecule has 1 amide bonds. The van der Waals surface area contributed by atoms with Crippen LogP contribution in [0.5, 0.6) is 11.5 Å². The van der Waals surface area contributed by atoms with Crippen molar-refractivity contribution in [1.82, 2.24) is 5.32 Å². The standard InChI is InChI=1S/C22H29NO9/c1-19(2)29-14-15-21(27-6,10-8-9-11(24)13(26-5)12(10)17(25)23-15)18-22(28-7,16(14)30-19)32-20(3,4)31-18/h8-9,14-16,18,24H,1-7H3,(H,23,25). The fourth-order valence-corrected chi connectivity index (χ4v) is 5.82. The van der Waals surface area contributed by atoms with Gasteiger partial charge in [-0.3, -0.25) is 4.79 Å². The lowest BCUT2D eigenvalue weighted by Gasteiger charge is -2.57. The van der Waals surface area contributed by atoms with E-state index in [1.165, 1.54) is 27.4 Å². The van der Waals surface area contributed by atoms with E-state index >= 15 is 0 Å². The van der Waals surface area contributed by atoms with Gasteiger partial charge in [0, 0.05) is 19.8 Å². The van der Waals surface area contributed by atoms with Crippen LogP contribution in [0.25, 0.3) is 0 Å². The Morgan fingerprint density at radius 3 is 2.34 bits per heavy atom. The molecule has 10 nitrogen and oxygen atoms in total. The minimum Gasteiger partial charge on any atom is -0.504 e. The van der Waals surface area contributed by atoms with Crippen molar-refractivity contribution in [3.8, 4) is 11.5 Å². The van der Waals surface area contributed by atoms with Crippen LogP contribution >= 0.6 is 0 Å². The molecule has 0 spiro atoms. The van der Waals surface area contributed by atoms with Gasteiger partial charge < -0.3 is 43.6 Å². The minimum absolute atomic E-state index is 0.0436. The van der Waals surface area contributed by atoms with Gasteiger partial charge in [-0.15, -0.1) is 0 Å². The third kappa shape index (κ3) is 2.53. The lowest BCUT2D eigenvalue weighted by Crippen LogP contribution is -2.78. The highest BCUT2D eigenvalue weighted by molar-refractivity contribution is 6.01. The Morgan fingerprint density at radius 2 is 1.72 bits per heavy atom. The zero-order valence-corrected chi connectivity index (χ0v) is 19.2. The zero-order chi connectivity index (χ0) is 23.3. The Balaban J connectivity index is 1.82. The predicted molar refractivity (Wildman–Crippen MR) is 108 cm³/mol. The van der Waals surface area contributed by atoms with Crippen LogP contribution in [0, 0.1) is 0 Å². The molecule has 10 heteroatoms. The smallest absolute Gasteiger partial charge is 0.256 e. The lowest BCUT2D eigenvalue weighted by atomic mass is 9.65. The number of phenols is 1. The molecule has 32 heavy (non-hydrogen) atoms. The highest BCUT2D eigenvalue weighted by Gasteiger charge is 2.79. The molecule has 5 rings (SSSR count). The molecule has 0 bridgehead atoms. The number of fused-ring (bicyclic) bond motifs is 8. The van der Waals surface area contributed by atoms with Gasteiger partial charge in [-0.05, 0) is 33.8 Å². The number of aromatic hydroxyl groups is 1. The molecule has 2 saturated heterocycles. The van der Waals surface area contributed by atoms with Gasteiger partial charge in [-0.2, -0.15) is 0 Å². The molecular formula is C22H29NO9. The Labute approximate surface area is 186 Å². The van der Waals surface area contributed by atoms with Crippen molar-refractivity contribution in [2.24, 2.45) is 0 Å². The summed E-state index contributed by atoms with van der Waals surface area (Å²) in [5, 5.41) is 13.4. The number of rotatable bonds is 3. The molecule has 3 heterocycles. The molecule has 3 fully saturated rings. The fourth-order valence-electron chi connectivity index (χ4n) is 5.82. The quantitative estimate of drug-likeness (QED) is 0.704. The average molecular weight is 451 g/mol. The fraction of sp³-hybridized carbons (Fsp3) is 0.682. The number of hydrogen-bond acceptors (Lipinski definition) is 9. The molecule has 6 atom stereocenters. The highest BCUT2D eigenvalue weighted by Crippen LogP contribution is 2.60. The number of nitrogens with one attached hydrogen (secondary N) is 1. The van der Waals surface area contributed by atoms with E-state index in [4.69, 9.17) is 33.2 Å². The lowest BCUT2D eigenvalue weighted by molar-refractivity contribution is -0.325. The number of amides is 1. The van der Waals surface area contributed by atoms with E-state index in [-0.39, 0.29) is 17.1 Å². The molecule has 1 saturated carbocycles. The summed E-state index contributed by atoms with van der Waals surface area (Å²) in [4.78, 5) is 13.3. The van der Waals surface area contributed by atoms with Crippen molar-refractivity contribution in [1.29, 1.82) is 0 Å². The summed E-state index contributed by atoms with van der Waals surface area (Å²) in [6.07, 6.45) is -2.27. The zero-order valence-electron chi connectivity index (χ0n) is 19.2. The van der Waals surface area contributed by atoms with E-state index in [0.717, 1.165) is 0 Å². The van der Waals surface area contributed by atoms with Gasteiger partial charge in [0.2, 0.25) is 5.79 Å². The first-order chi connectivity index (χ1) is 15.0. The number of hydrogen-bond donors (Lipinski definition) is 2. The largest absolute Gasteiger partial charge is 0.504 e. The molecule has 6 unspecified atom stereocenters. The molecule has 0 radical (unpaired) electrons. The molecule has 1 aromatic carbocycles. The van der Waals surface area contributed by atoms with E-state index in [1.54, 1.807) is 33.8 Å². The van der Waals surface area contributed by atoms with Crippen molar-refractivity contribution in [2.45, 2.75) is 75.0 Å². The Bertz CT molecular complexity index is 978. The number of methoxy groups -OCH3 is 3. The number of phenolic OH excluding ortho intramolecular Hbond substituents is 1. The normalized spacial score (nSPS) is 40.7. The van der Waals surface area contributed by atoms with Crippen LogP contribution in [-0.4, -0.2) is 74.1 Å². The molecule has 0 aromatic heterocycles. The maximum atomic E-state index is 13.3. The first-order valence-electron chi connectivity index (χ1n) is 10.5. The number of benzene rings is 1. The summed E-state index contributed by atoms with van der Waals surface area (Å²) in [5.74, 6) is -3.97. The van der Waals surface area contributed by atoms with Crippen LogP contribution in [-0.2, 0) is 34.0 Å². The van der Waals surface area contributed by atoms with Crippen molar-refractivity contribution < 1.29 is 43.1 Å². The van der Waals surface area contributed by atoms with Gasteiger partial charge in [-0.1, -0.05) is 6.07 Å². The Kier molecular flexibility index (Phi) is 4.48. The predicted octanol–water partition coefficient (Wildman–Crippen LogP) is 1.38. The Hall–Kier alpha value is -1.95. The summed E-state index contributed by atoms with van der Waals surface area (Å²) < 4.78 is 43.0. The van der Waals surface area contributed by atoms with Gasteiger partial charge in [0.15, 0.2) is 29.2 Å². The van der Waals surface area contributed by atoms with E-state index in [9.17, 15) is 9.90 Å². The molecule has 3 aliphatic heterocycles. The summed E-state index contributed by atoms with van der Waals surface area (Å²) in [6, 6.07) is 2.39. The number of ether oxygens (including phenoxy) is 7. The second-order valence-electron chi connectivity index (χ2n) is 9.43. The maximum Gasteiger partial charge on any atom is 0.256 e. The molecule has 2 N–H and O–H groups in total. The molecule has 4 aliphatic rings. The minimum atomic E-state index is -1.40. The van der Waals surface area contributed by atoms with Gasteiger partial charge in [0.25, 0.3) is 5.91 Å². The van der Waals surface area contributed by atoms with Crippen LogP contribution in [0.2, 0.25) is 0 Å². The molecular weight excluding hydrogens is 422 g/mol. The highest BCUT2D eigenvalue weighted by atomic mass is 16.9. The number of carbonyl (C=O) groups is 1. The molecule has 1 aliphatic carbocycles. The average Bonchev–Trinajstić information content (AvgIpc) is 3.21. The van der Waals surface area contributed by atoms with E-state index < -0.39 is 53.2 Å². The van der Waals surface area contributed by atoms with Gasteiger partial charge in [0.1, 0.15) is 17.8 Å². The summed E-state index contributed by atoms with van der Waals surface area (Å²) >= 11 is 0. The van der Waals surface area contributed by atoms with E-state index in [1.807, 2.05) is 0 Å². The van der Waals surface area contributed by atoms with E-state index in [2.05, 4.69) is 5.32 Å². The maximum absolute atomic E-state index is 13.3. The SMILES string of the molecule is COc1c(O)ccc2c1C(=O)NC1C3OC(C)(C)OC3C3(OC)OC(C)(C)OC3C21OC. The summed E-state index contributed by atoms with van der Waals surface area (Å²) in [7, 11) is 4.44. The summed E-state index contributed by atoms with van der Waals surface area (Å²) in [5.41, 5.74) is -0.678. The van der Waals surface area contributed by atoms with Gasteiger partial charge in [0.05, 0.1) is 18.7 Å². The second kappa shape index (κ2) is 6.55. The first-order valence-corrected chi connectivity index (χ1v) is 10.5. The first kappa shape index (κ1) is 21.9. The molecule has 1 aromatic rings. The second-order valence-corrected chi connectivity index (χ2v) is 9.43. The van der Waals surface area contributed by atoms with Gasteiger partial charge >= 0.3 is 0 Å². The topological polar surface area (TPSA) is 114 Å². The Morgan fingerprint density at radius 1 is 1.00 bits per heavy atom. The van der Waals surface area contributed by atoms with Crippen LogP contribution in [0.1, 0.15) is 43.6 Å². The van der Waals surface area contributed by atoms with Crippen LogP contribution in [0.3, 0.4) is 0 Å². The van der Waals surface area contributed by atoms with Crippen LogP contribution in [0.15, 0.2) is 12.1 Å². The van der Waals surface area contributed by atoms with Crippen molar-refractivity contribution in [3.63, 3.8) is 0 Å². The van der Waals surface area contributed by atoms with Crippen LogP contribution in [0.4, 0.5) is 0 Å². The van der Waals surface area contributed by atoms with Crippen molar-refractivity contribution >= 4 is 5.91 Å². The monoisotopic (exact) mass is 451 g/mol. The third-order valence-electron chi connectivity index (χ3n) is 6.81. The van der Waals surface area contributed by atoms with Crippen molar-refractivity contribution in [3.05, 3.63) is 23.3 Å².